The van der Waals surface area contributed by atoms with E-state index in [-0.39, 0.29) is 12.4 Å². The van der Waals surface area contributed by atoms with Gasteiger partial charge in [0.05, 0.1) is 17.1 Å². The molecule has 5 nitrogen and oxygen atoms in total. The predicted octanol–water partition coefficient (Wildman–Crippen LogP) is 3.11. The molecule has 0 aromatic carbocycles. The van der Waals surface area contributed by atoms with E-state index in [1.165, 1.54) is 11.4 Å². The van der Waals surface area contributed by atoms with Gasteiger partial charge in [0.2, 0.25) is 0 Å². The van der Waals surface area contributed by atoms with Gasteiger partial charge in [-0.3, -0.25) is 9.36 Å². The lowest BCUT2D eigenvalue weighted by Crippen LogP contribution is -2.19. The molecule has 0 aliphatic carbocycles. The highest BCUT2D eigenvalue weighted by molar-refractivity contribution is 5.85. The Morgan fingerprint density at radius 2 is 1.82 bits per heavy atom. The molecule has 0 bridgehead atoms. The zero-order chi connectivity index (χ0) is 15.4. The van der Waals surface area contributed by atoms with E-state index in [1.807, 2.05) is 17.9 Å². The highest BCUT2D eigenvalue weighted by atomic mass is 35.5. The molecule has 0 aliphatic rings. The molecule has 0 spiro atoms. The van der Waals surface area contributed by atoms with E-state index in [1.54, 1.807) is 0 Å². The van der Waals surface area contributed by atoms with Gasteiger partial charge in [0, 0.05) is 32.9 Å². The highest BCUT2D eigenvalue weighted by Gasteiger charge is 2.09. The van der Waals surface area contributed by atoms with Gasteiger partial charge in [0.25, 0.3) is 0 Å². The zero-order valence-electron chi connectivity index (χ0n) is 14.2. The molecule has 2 heterocycles. The lowest BCUT2D eigenvalue weighted by molar-refractivity contribution is 0.460. The van der Waals surface area contributed by atoms with Crippen LogP contribution < -0.4 is 5.32 Å². The maximum atomic E-state index is 4.54. The van der Waals surface area contributed by atoms with Crippen LogP contribution in [0.4, 0.5) is 0 Å². The first kappa shape index (κ1) is 18.7. The number of nitrogens with one attached hydrogen (secondary N) is 1. The van der Waals surface area contributed by atoms with E-state index in [2.05, 4.69) is 60.0 Å². The first-order valence-corrected chi connectivity index (χ1v) is 7.71. The smallest absolute Gasteiger partial charge is 0.0653 e. The summed E-state index contributed by atoms with van der Waals surface area (Å²) >= 11 is 0. The number of hydrogen-bond donors (Lipinski definition) is 1. The van der Waals surface area contributed by atoms with Gasteiger partial charge in [-0.25, -0.2) is 0 Å². The second-order valence-electron chi connectivity index (χ2n) is 6.34. The predicted molar refractivity (Wildman–Crippen MR) is 92.2 cm³/mol. The Bertz CT molecular complexity index is 571. The Kier molecular flexibility index (Phi) is 7.10. The molecule has 2 aromatic heterocycles. The summed E-state index contributed by atoms with van der Waals surface area (Å²) < 4.78 is 4.05. The van der Waals surface area contributed by atoms with Crippen LogP contribution in [0.25, 0.3) is 0 Å². The van der Waals surface area contributed by atoms with Crippen molar-refractivity contribution in [1.82, 2.24) is 24.9 Å². The van der Waals surface area contributed by atoms with Crippen molar-refractivity contribution in [1.29, 1.82) is 0 Å². The molecule has 0 atom stereocenters. The lowest BCUT2D eigenvalue weighted by atomic mass is 10.1. The molecule has 0 unspecified atom stereocenters. The molecule has 0 amide bonds. The molecular formula is C16H28ClN5. The van der Waals surface area contributed by atoms with Crippen LogP contribution in [0.15, 0.2) is 18.3 Å². The van der Waals surface area contributed by atoms with Crippen molar-refractivity contribution < 1.29 is 0 Å². The summed E-state index contributed by atoms with van der Waals surface area (Å²) in [6, 6.07) is 4.27. The minimum atomic E-state index is 0. The maximum absolute atomic E-state index is 4.54. The maximum Gasteiger partial charge on any atom is 0.0653 e. The van der Waals surface area contributed by atoms with Crippen molar-refractivity contribution in [2.45, 2.75) is 53.2 Å². The molecule has 0 fully saturated rings. The number of halogens is 1. The van der Waals surface area contributed by atoms with Crippen LogP contribution in [-0.2, 0) is 26.7 Å². The van der Waals surface area contributed by atoms with Crippen LogP contribution in [0.5, 0.6) is 0 Å². The van der Waals surface area contributed by atoms with Gasteiger partial charge in [-0.1, -0.05) is 27.7 Å². The van der Waals surface area contributed by atoms with E-state index < -0.39 is 0 Å². The third kappa shape index (κ3) is 4.85. The Balaban J connectivity index is 0.00000242. The molecule has 124 valence electrons. The summed E-state index contributed by atoms with van der Waals surface area (Å²) in [6.45, 7) is 11.4. The van der Waals surface area contributed by atoms with E-state index in [4.69, 9.17) is 0 Å². The third-order valence-electron chi connectivity index (χ3n) is 3.54. The number of rotatable bonds is 7. The first-order valence-electron chi connectivity index (χ1n) is 7.71. The molecule has 0 saturated carbocycles. The van der Waals surface area contributed by atoms with Crippen LogP contribution >= 0.6 is 12.4 Å². The number of nitrogens with zero attached hydrogens (tertiary/aromatic N) is 4. The van der Waals surface area contributed by atoms with Gasteiger partial charge >= 0.3 is 0 Å². The fourth-order valence-corrected chi connectivity index (χ4v) is 2.32. The van der Waals surface area contributed by atoms with Gasteiger partial charge in [0.1, 0.15) is 0 Å². The zero-order valence-corrected chi connectivity index (χ0v) is 15.0. The van der Waals surface area contributed by atoms with E-state index in [9.17, 15) is 0 Å². The third-order valence-corrected chi connectivity index (χ3v) is 3.54. The Labute approximate surface area is 139 Å². The van der Waals surface area contributed by atoms with Crippen molar-refractivity contribution in [3.63, 3.8) is 0 Å². The van der Waals surface area contributed by atoms with Crippen LogP contribution in [0, 0.1) is 5.92 Å². The summed E-state index contributed by atoms with van der Waals surface area (Å²) in [7, 11) is 2.01. The fourth-order valence-electron chi connectivity index (χ4n) is 2.32. The SMILES string of the molecule is CC(C)Cn1nccc1CNCc1cc(C(C)C)nn1C.Cl. The quantitative estimate of drug-likeness (QED) is 0.851. The minimum Gasteiger partial charge on any atom is -0.306 e. The van der Waals surface area contributed by atoms with Crippen molar-refractivity contribution in [3.8, 4) is 0 Å². The first-order chi connectivity index (χ1) is 9.97. The second kappa shape index (κ2) is 8.34. The van der Waals surface area contributed by atoms with Gasteiger partial charge in [-0.2, -0.15) is 10.2 Å². The molecule has 22 heavy (non-hydrogen) atoms. The summed E-state index contributed by atoms with van der Waals surface area (Å²) in [6.07, 6.45) is 1.88. The molecule has 0 radical (unpaired) electrons. The van der Waals surface area contributed by atoms with E-state index >= 15 is 0 Å². The Morgan fingerprint density at radius 1 is 1.14 bits per heavy atom. The van der Waals surface area contributed by atoms with Crippen molar-refractivity contribution in [3.05, 3.63) is 35.4 Å². The summed E-state index contributed by atoms with van der Waals surface area (Å²) in [4.78, 5) is 0. The Morgan fingerprint density at radius 3 is 2.41 bits per heavy atom. The summed E-state index contributed by atoms with van der Waals surface area (Å²) in [5.41, 5.74) is 3.60. The lowest BCUT2D eigenvalue weighted by Gasteiger charge is -2.10. The molecule has 2 aromatic rings. The van der Waals surface area contributed by atoms with Gasteiger partial charge < -0.3 is 5.32 Å². The number of hydrogen-bond acceptors (Lipinski definition) is 3. The minimum absolute atomic E-state index is 0. The van der Waals surface area contributed by atoms with Crippen molar-refractivity contribution >= 4 is 12.4 Å². The molecule has 6 heteroatoms. The molecular weight excluding hydrogens is 298 g/mol. The molecule has 0 saturated heterocycles. The second-order valence-corrected chi connectivity index (χ2v) is 6.34. The summed E-state index contributed by atoms with van der Waals surface area (Å²) in [5, 5.41) is 12.4. The van der Waals surface area contributed by atoms with Crippen LogP contribution in [-0.4, -0.2) is 19.6 Å². The standard InChI is InChI=1S/C16H27N5.ClH/c1-12(2)11-21-14(6-7-18-21)9-17-10-15-8-16(13(3)4)19-20(15)5;/h6-8,12-13,17H,9-11H2,1-5H3;1H. The van der Waals surface area contributed by atoms with Crippen molar-refractivity contribution in [2.75, 3.05) is 0 Å². The largest absolute Gasteiger partial charge is 0.306 e. The molecule has 0 aliphatic heterocycles. The fraction of sp³-hybridized carbons (Fsp3) is 0.625. The average molecular weight is 326 g/mol. The van der Waals surface area contributed by atoms with Crippen LogP contribution in [0.3, 0.4) is 0 Å². The van der Waals surface area contributed by atoms with Gasteiger partial charge in [-0.05, 0) is 24.0 Å². The Hall–Kier alpha value is -1.33. The highest BCUT2D eigenvalue weighted by Crippen LogP contribution is 2.13. The van der Waals surface area contributed by atoms with Crippen LogP contribution in [0.2, 0.25) is 0 Å². The summed E-state index contributed by atoms with van der Waals surface area (Å²) in [5.74, 6) is 1.08. The number of aromatic nitrogens is 4. The van der Waals surface area contributed by atoms with Gasteiger partial charge in [-0.15, -0.1) is 12.4 Å². The number of aryl methyl sites for hydroxylation is 1. The van der Waals surface area contributed by atoms with E-state index in [0.29, 0.717) is 11.8 Å². The molecule has 2 rings (SSSR count). The van der Waals surface area contributed by atoms with Crippen LogP contribution in [0.1, 0.15) is 50.7 Å². The topological polar surface area (TPSA) is 47.7 Å². The normalized spacial score (nSPS) is 11.2. The van der Waals surface area contributed by atoms with E-state index in [0.717, 1.165) is 25.3 Å². The van der Waals surface area contributed by atoms with Crippen molar-refractivity contribution in [2.24, 2.45) is 13.0 Å². The monoisotopic (exact) mass is 325 g/mol. The van der Waals surface area contributed by atoms with Gasteiger partial charge in [0.15, 0.2) is 0 Å². The average Bonchev–Trinajstić information content (AvgIpc) is 2.97. The molecule has 1 N–H and O–H groups in total.